The summed E-state index contributed by atoms with van der Waals surface area (Å²) in [6.07, 6.45) is 3.28. The molecule has 0 spiro atoms. The highest BCUT2D eigenvalue weighted by atomic mass is 16.3. The van der Waals surface area contributed by atoms with E-state index in [1.165, 1.54) is 0 Å². The third-order valence-electron chi connectivity index (χ3n) is 5.13. The molecule has 1 unspecified atom stereocenters. The second kappa shape index (κ2) is 7.04. The minimum absolute atomic E-state index is 0.109. The number of aromatic nitrogens is 2. The van der Waals surface area contributed by atoms with Crippen molar-refractivity contribution < 1.29 is 9.21 Å². The minimum atomic E-state index is -0.451. The Morgan fingerprint density at radius 2 is 1.90 bits per heavy atom. The third-order valence-corrected chi connectivity index (χ3v) is 5.13. The first-order valence-corrected chi connectivity index (χ1v) is 9.50. The Bertz CT molecular complexity index is 1310. The van der Waals surface area contributed by atoms with Gasteiger partial charge in [0.05, 0.1) is 17.6 Å². The maximum Gasteiger partial charge on any atom is 0.264 e. The van der Waals surface area contributed by atoms with Gasteiger partial charge >= 0.3 is 0 Å². The molecule has 30 heavy (non-hydrogen) atoms. The molecule has 0 fully saturated rings. The first-order chi connectivity index (χ1) is 14.6. The monoisotopic (exact) mass is 398 g/mol. The normalized spacial score (nSPS) is 15.5. The maximum atomic E-state index is 12.5. The van der Waals surface area contributed by atoms with Crippen molar-refractivity contribution in [1.29, 1.82) is 0 Å². The molecule has 0 saturated carbocycles. The molecule has 1 aliphatic heterocycles. The van der Waals surface area contributed by atoms with Crippen LogP contribution in [-0.2, 0) is 4.79 Å². The van der Waals surface area contributed by atoms with Gasteiger partial charge < -0.3 is 9.73 Å². The van der Waals surface area contributed by atoms with Gasteiger partial charge in [-0.05, 0) is 55.0 Å². The van der Waals surface area contributed by atoms with Crippen molar-refractivity contribution in [3.8, 4) is 17.0 Å². The number of aromatic amines is 1. The van der Waals surface area contributed by atoms with Gasteiger partial charge in [-0.25, -0.2) is 0 Å². The molecule has 0 saturated heterocycles. The van der Waals surface area contributed by atoms with Crippen molar-refractivity contribution in [3.63, 3.8) is 0 Å². The fourth-order valence-corrected chi connectivity index (χ4v) is 3.63. The minimum Gasteiger partial charge on any atom is -0.464 e. The van der Waals surface area contributed by atoms with Crippen LogP contribution in [0.5, 0.6) is 0 Å². The molecule has 0 aliphatic carbocycles. The lowest BCUT2D eigenvalue weighted by Crippen LogP contribution is -2.12. The number of hydrogen-bond donors (Lipinski definition) is 2. The molecule has 148 valence electrons. The molecule has 0 bridgehead atoms. The number of furan rings is 1. The number of carbonyl (C=O) groups is 1. The van der Waals surface area contributed by atoms with Crippen molar-refractivity contribution in [2.45, 2.75) is 12.8 Å². The lowest BCUT2D eigenvalue weighted by atomic mass is 10.00. The summed E-state index contributed by atoms with van der Waals surface area (Å²) in [5.41, 5.74) is 4.80. The van der Waals surface area contributed by atoms with Gasteiger partial charge in [0.15, 0.2) is 0 Å². The Morgan fingerprint density at radius 1 is 1.07 bits per heavy atom. The van der Waals surface area contributed by atoms with Gasteiger partial charge in [-0.3, -0.25) is 24.4 Å². The quantitative estimate of drug-likeness (QED) is 0.505. The van der Waals surface area contributed by atoms with Crippen molar-refractivity contribution in [2.24, 2.45) is 4.99 Å². The van der Waals surface area contributed by atoms with E-state index >= 15 is 0 Å². The largest absolute Gasteiger partial charge is 0.464 e. The van der Waals surface area contributed by atoms with Gasteiger partial charge in [-0.15, -0.1) is 0 Å². The van der Waals surface area contributed by atoms with Crippen LogP contribution in [0.4, 0.5) is 11.4 Å². The number of carbonyl (C=O) groups excluding carboxylic acids is 1. The first-order valence-electron chi connectivity index (χ1n) is 9.50. The topological polar surface area (TPSA) is 92.4 Å². The maximum absolute atomic E-state index is 12.5. The van der Waals surface area contributed by atoms with Gasteiger partial charge in [-0.1, -0.05) is 12.1 Å². The molecule has 1 amide bonds. The molecule has 2 N–H and O–H groups in total. The highest BCUT2D eigenvalue weighted by molar-refractivity contribution is 6.13. The van der Waals surface area contributed by atoms with Crippen molar-refractivity contribution >= 4 is 23.5 Å². The van der Waals surface area contributed by atoms with Crippen LogP contribution in [0.1, 0.15) is 17.2 Å². The van der Waals surface area contributed by atoms with Crippen LogP contribution in [0, 0.1) is 6.92 Å². The number of rotatable bonds is 4. The van der Waals surface area contributed by atoms with E-state index in [0.29, 0.717) is 0 Å². The SMILES string of the molecule is Cc1cc(=O)[nH]n1-c1ccc(N=CC2C(=O)Nc3cc(-c4ccco4)ccc32)cc1. The number of amides is 1. The van der Waals surface area contributed by atoms with Gasteiger partial charge in [0.25, 0.3) is 5.56 Å². The number of aliphatic imine (C=N–C) groups is 1. The van der Waals surface area contributed by atoms with Gasteiger partial charge in [0.2, 0.25) is 5.91 Å². The Hall–Kier alpha value is -4.13. The molecule has 2 aromatic heterocycles. The van der Waals surface area contributed by atoms with E-state index in [1.54, 1.807) is 23.2 Å². The summed E-state index contributed by atoms with van der Waals surface area (Å²) >= 11 is 0. The molecule has 3 heterocycles. The summed E-state index contributed by atoms with van der Waals surface area (Å²) in [4.78, 5) is 28.4. The standard InChI is InChI=1S/C23H18N4O3/c1-14-11-22(28)26-27(14)17-7-5-16(6-8-17)24-13-19-18-9-4-15(21-3-2-10-30-21)12-20(18)25-23(19)29/h2-13,19H,1H3,(H,25,29)(H,26,28). The number of H-pyrrole nitrogens is 1. The van der Waals surface area contributed by atoms with E-state index in [1.807, 2.05) is 61.5 Å². The van der Waals surface area contributed by atoms with Crippen LogP contribution in [0.2, 0.25) is 0 Å². The zero-order valence-corrected chi connectivity index (χ0v) is 16.1. The Kier molecular flexibility index (Phi) is 4.21. The second-order valence-electron chi connectivity index (χ2n) is 7.14. The third kappa shape index (κ3) is 3.16. The Balaban J connectivity index is 1.38. The number of aryl methyl sites for hydroxylation is 1. The summed E-state index contributed by atoms with van der Waals surface area (Å²) in [6.45, 7) is 1.86. The van der Waals surface area contributed by atoms with Gasteiger partial charge in [0, 0.05) is 29.2 Å². The summed E-state index contributed by atoms with van der Waals surface area (Å²) < 4.78 is 7.14. The summed E-state index contributed by atoms with van der Waals surface area (Å²) in [7, 11) is 0. The predicted octanol–water partition coefficient (Wildman–Crippen LogP) is 4.17. The summed E-state index contributed by atoms with van der Waals surface area (Å²) in [6, 6.07) is 18.5. The van der Waals surface area contributed by atoms with Gasteiger partial charge in [0.1, 0.15) is 11.7 Å². The average molecular weight is 398 g/mol. The fourth-order valence-electron chi connectivity index (χ4n) is 3.63. The van der Waals surface area contributed by atoms with E-state index in [4.69, 9.17) is 4.42 Å². The molecule has 4 aromatic rings. The highest BCUT2D eigenvalue weighted by Crippen LogP contribution is 2.35. The van der Waals surface area contributed by atoms with Gasteiger partial charge in [-0.2, -0.15) is 0 Å². The zero-order valence-electron chi connectivity index (χ0n) is 16.1. The van der Waals surface area contributed by atoms with E-state index in [0.717, 1.165) is 39.6 Å². The number of nitrogens with one attached hydrogen (secondary N) is 2. The Labute approximate surface area is 171 Å². The second-order valence-corrected chi connectivity index (χ2v) is 7.14. The lowest BCUT2D eigenvalue weighted by molar-refractivity contribution is -0.115. The highest BCUT2D eigenvalue weighted by Gasteiger charge is 2.29. The van der Waals surface area contributed by atoms with Crippen molar-refractivity contribution in [3.05, 3.63) is 88.5 Å². The predicted molar refractivity (Wildman–Crippen MR) is 115 cm³/mol. The molecule has 1 aliphatic rings. The zero-order chi connectivity index (χ0) is 20.7. The van der Waals surface area contributed by atoms with Crippen molar-refractivity contribution in [2.75, 3.05) is 5.32 Å². The van der Waals surface area contributed by atoms with Crippen LogP contribution in [-0.4, -0.2) is 21.9 Å². The van der Waals surface area contributed by atoms with Crippen molar-refractivity contribution in [1.82, 2.24) is 9.78 Å². The number of hydrogen-bond acceptors (Lipinski definition) is 4. The number of anilines is 1. The molecule has 2 aromatic carbocycles. The number of benzene rings is 2. The molecule has 1 atom stereocenters. The van der Waals surface area contributed by atoms with Crippen LogP contribution >= 0.6 is 0 Å². The summed E-state index contributed by atoms with van der Waals surface area (Å²) in [5, 5.41) is 5.67. The van der Waals surface area contributed by atoms with E-state index in [9.17, 15) is 9.59 Å². The number of fused-ring (bicyclic) bond motifs is 1. The smallest absolute Gasteiger partial charge is 0.264 e. The average Bonchev–Trinajstić information content (AvgIpc) is 3.45. The van der Waals surface area contributed by atoms with Crippen LogP contribution in [0.3, 0.4) is 0 Å². The Morgan fingerprint density at radius 3 is 2.60 bits per heavy atom. The molecular weight excluding hydrogens is 380 g/mol. The molecule has 7 heteroatoms. The molecule has 0 radical (unpaired) electrons. The van der Waals surface area contributed by atoms with E-state index in [-0.39, 0.29) is 11.5 Å². The van der Waals surface area contributed by atoms with Crippen LogP contribution < -0.4 is 10.9 Å². The fraction of sp³-hybridized carbons (Fsp3) is 0.0870. The molecule has 5 rings (SSSR count). The van der Waals surface area contributed by atoms with Crippen LogP contribution in [0.15, 0.2) is 81.1 Å². The summed E-state index contributed by atoms with van der Waals surface area (Å²) in [5.74, 6) is 0.194. The number of nitrogens with zero attached hydrogens (tertiary/aromatic N) is 2. The lowest BCUT2D eigenvalue weighted by Gasteiger charge is -2.06. The molecule has 7 nitrogen and oxygen atoms in total. The molecular formula is C23H18N4O3. The van der Waals surface area contributed by atoms with E-state index in [2.05, 4.69) is 15.4 Å². The van der Waals surface area contributed by atoms with E-state index < -0.39 is 5.92 Å². The first kappa shape index (κ1) is 17.9. The van der Waals surface area contributed by atoms with Crippen LogP contribution in [0.25, 0.3) is 17.0 Å².